The molecule has 110 valence electrons. The van der Waals surface area contributed by atoms with Crippen molar-refractivity contribution in [1.29, 1.82) is 0 Å². The molecule has 0 unspecified atom stereocenters. The number of methoxy groups -OCH3 is 1. The van der Waals surface area contributed by atoms with Crippen molar-refractivity contribution in [2.45, 2.75) is 20.3 Å². The van der Waals surface area contributed by atoms with Crippen LogP contribution in [0.1, 0.15) is 18.9 Å². The van der Waals surface area contributed by atoms with Gasteiger partial charge in [0.2, 0.25) is 0 Å². The minimum absolute atomic E-state index is 0.0297. The van der Waals surface area contributed by atoms with Gasteiger partial charge in [-0.3, -0.25) is 9.59 Å². The Morgan fingerprint density at radius 3 is 2.40 bits per heavy atom. The summed E-state index contributed by atoms with van der Waals surface area (Å²) in [6.45, 7) is 4.70. The molecule has 20 heavy (non-hydrogen) atoms. The van der Waals surface area contributed by atoms with E-state index in [1.165, 1.54) is 7.11 Å². The topological polar surface area (TPSA) is 55.8 Å². The van der Waals surface area contributed by atoms with Crippen LogP contribution in [-0.2, 0) is 14.3 Å². The molecule has 0 spiro atoms. The summed E-state index contributed by atoms with van der Waals surface area (Å²) in [6.07, 6.45) is 0.195. The monoisotopic (exact) mass is 279 g/mol. The second kappa shape index (κ2) is 8.19. The molecule has 0 saturated heterocycles. The van der Waals surface area contributed by atoms with Crippen LogP contribution in [0.25, 0.3) is 0 Å². The van der Waals surface area contributed by atoms with E-state index < -0.39 is 0 Å². The zero-order chi connectivity index (χ0) is 15.0. The number of nitrogens with zero attached hydrogens (tertiary/aromatic N) is 1. The van der Waals surface area contributed by atoms with Crippen LogP contribution in [0.3, 0.4) is 0 Å². The number of aryl methyl sites for hydroxylation is 1. The summed E-state index contributed by atoms with van der Waals surface area (Å²) < 4.78 is 9.99. The molecule has 0 aliphatic rings. The van der Waals surface area contributed by atoms with E-state index in [-0.39, 0.29) is 24.9 Å². The molecule has 0 N–H and O–H groups in total. The third-order valence-electron chi connectivity index (χ3n) is 2.93. The Balaban J connectivity index is 2.42. The molecule has 0 fully saturated rings. The summed E-state index contributed by atoms with van der Waals surface area (Å²) in [5.74, 6) is 0.195. The van der Waals surface area contributed by atoms with Crippen LogP contribution >= 0.6 is 0 Å². The van der Waals surface area contributed by atoms with E-state index in [0.29, 0.717) is 18.8 Å². The molecule has 5 heteroatoms. The minimum atomic E-state index is -0.323. The first-order valence-electron chi connectivity index (χ1n) is 6.61. The summed E-state index contributed by atoms with van der Waals surface area (Å²) >= 11 is 0. The van der Waals surface area contributed by atoms with E-state index in [9.17, 15) is 9.59 Å². The van der Waals surface area contributed by atoms with Crippen LogP contribution in [0.4, 0.5) is 0 Å². The predicted octanol–water partition coefficient (Wildman–Crippen LogP) is 1.79. The van der Waals surface area contributed by atoms with E-state index in [4.69, 9.17) is 4.74 Å². The molecule has 5 nitrogen and oxygen atoms in total. The number of ether oxygens (including phenoxy) is 2. The van der Waals surface area contributed by atoms with Crippen molar-refractivity contribution in [3.8, 4) is 5.75 Å². The fourth-order valence-corrected chi connectivity index (χ4v) is 1.66. The summed E-state index contributed by atoms with van der Waals surface area (Å²) in [4.78, 5) is 24.6. The molecular weight excluding hydrogens is 258 g/mol. The molecule has 0 saturated carbocycles. The van der Waals surface area contributed by atoms with Gasteiger partial charge in [0.1, 0.15) is 5.75 Å². The van der Waals surface area contributed by atoms with E-state index >= 15 is 0 Å². The van der Waals surface area contributed by atoms with Gasteiger partial charge >= 0.3 is 5.97 Å². The van der Waals surface area contributed by atoms with Gasteiger partial charge in [0.25, 0.3) is 5.91 Å². The van der Waals surface area contributed by atoms with Gasteiger partial charge in [-0.2, -0.15) is 0 Å². The second-order valence-electron chi connectivity index (χ2n) is 4.40. The lowest BCUT2D eigenvalue weighted by Gasteiger charge is -2.20. The Hall–Kier alpha value is -2.04. The minimum Gasteiger partial charge on any atom is -0.484 e. The van der Waals surface area contributed by atoms with Gasteiger partial charge in [-0.1, -0.05) is 17.7 Å². The molecule has 0 heterocycles. The smallest absolute Gasteiger partial charge is 0.307 e. The van der Waals surface area contributed by atoms with E-state index in [0.717, 1.165) is 5.56 Å². The van der Waals surface area contributed by atoms with Crippen molar-refractivity contribution in [3.63, 3.8) is 0 Å². The van der Waals surface area contributed by atoms with E-state index in [1.54, 1.807) is 4.90 Å². The van der Waals surface area contributed by atoms with E-state index in [1.807, 2.05) is 38.1 Å². The second-order valence-corrected chi connectivity index (χ2v) is 4.40. The zero-order valence-corrected chi connectivity index (χ0v) is 12.2. The summed E-state index contributed by atoms with van der Waals surface area (Å²) in [5.41, 5.74) is 1.14. The quantitative estimate of drug-likeness (QED) is 0.714. The molecule has 1 aromatic rings. The van der Waals surface area contributed by atoms with Crippen LogP contribution < -0.4 is 4.74 Å². The average Bonchev–Trinajstić information content (AvgIpc) is 2.47. The number of benzene rings is 1. The van der Waals surface area contributed by atoms with Crippen LogP contribution in [-0.4, -0.2) is 43.6 Å². The normalized spacial score (nSPS) is 9.95. The number of hydrogen-bond donors (Lipinski definition) is 0. The third-order valence-corrected chi connectivity index (χ3v) is 2.93. The first kappa shape index (κ1) is 16.0. The van der Waals surface area contributed by atoms with Crippen molar-refractivity contribution in [2.75, 3.05) is 26.8 Å². The standard InChI is InChI=1S/C15H21NO4/c1-4-16(10-9-15(18)19-3)14(17)11-20-13-7-5-12(2)6-8-13/h5-8H,4,9-11H2,1-3H3. The highest BCUT2D eigenvalue weighted by Gasteiger charge is 2.14. The molecule has 1 aromatic carbocycles. The van der Waals surface area contributed by atoms with Gasteiger partial charge < -0.3 is 14.4 Å². The number of esters is 1. The number of likely N-dealkylation sites (N-methyl/N-ethyl adjacent to an activating group) is 1. The fourth-order valence-electron chi connectivity index (χ4n) is 1.66. The van der Waals surface area contributed by atoms with Gasteiger partial charge in [0.15, 0.2) is 6.61 Å². The highest BCUT2D eigenvalue weighted by atomic mass is 16.5. The molecular formula is C15H21NO4. The Morgan fingerprint density at radius 1 is 1.20 bits per heavy atom. The number of hydrogen-bond acceptors (Lipinski definition) is 4. The SMILES string of the molecule is CCN(CCC(=O)OC)C(=O)COc1ccc(C)cc1. The molecule has 0 aliphatic heterocycles. The Labute approximate surface area is 119 Å². The molecule has 0 atom stereocenters. The van der Waals surface area contributed by atoms with Crippen LogP contribution in [0.15, 0.2) is 24.3 Å². The zero-order valence-electron chi connectivity index (χ0n) is 12.2. The molecule has 0 radical (unpaired) electrons. The average molecular weight is 279 g/mol. The van der Waals surface area contributed by atoms with Crippen molar-refractivity contribution < 1.29 is 19.1 Å². The van der Waals surface area contributed by atoms with Crippen molar-refractivity contribution in [3.05, 3.63) is 29.8 Å². The number of rotatable bonds is 7. The lowest BCUT2D eigenvalue weighted by atomic mass is 10.2. The van der Waals surface area contributed by atoms with Gasteiger partial charge in [0, 0.05) is 13.1 Å². The van der Waals surface area contributed by atoms with Gasteiger partial charge in [-0.05, 0) is 26.0 Å². The predicted molar refractivity (Wildman–Crippen MR) is 75.6 cm³/mol. The van der Waals surface area contributed by atoms with Crippen molar-refractivity contribution >= 4 is 11.9 Å². The molecule has 1 rings (SSSR count). The maximum atomic E-state index is 12.0. The van der Waals surface area contributed by atoms with Crippen molar-refractivity contribution in [1.82, 2.24) is 4.90 Å². The molecule has 1 amide bonds. The number of carbonyl (C=O) groups excluding carboxylic acids is 2. The van der Waals surface area contributed by atoms with Gasteiger partial charge in [0.05, 0.1) is 13.5 Å². The summed E-state index contributed by atoms with van der Waals surface area (Å²) in [6, 6.07) is 7.50. The van der Waals surface area contributed by atoms with Crippen LogP contribution in [0.5, 0.6) is 5.75 Å². The number of carbonyl (C=O) groups is 2. The van der Waals surface area contributed by atoms with Gasteiger partial charge in [-0.25, -0.2) is 0 Å². The van der Waals surface area contributed by atoms with Gasteiger partial charge in [-0.15, -0.1) is 0 Å². The van der Waals surface area contributed by atoms with Crippen LogP contribution in [0.2, 0.25) is 0 Å². The van der Waals surface area contributed by atoms with Crippen molar-refractivity contribution in [2.24, 2.45) is 0 Å². The highest BCUT2D eigenvalue weighted by molar-refractivity contribution is 5.78. The maximum absolute atomic E-state index is 12.0. The third kappa shape index (κ3) is 5.30. The molecule has 0 bridgehead atoms. The Kier molecular flexibility index (Phi) is 6.56. The molecule has 0 aliphatic carbocycles. The first-order valence-corrected chi connectivity index (χ1v) is 6.61. The van der Waals surface area contributed by atoms with E-state index in [2.05, 4.69) is 4.74 Å². The Morgan fingerprint density at radius 2 is 1.85 bits per heavy atom. The largest absolute Gasteiger partial charge is 0.484 e. The highest BCUT2D eigenvalue weighted by Crippen LogP contribution is 2.11. The fraction of sp³-hybridized carbons (Fsp3) is 0.467. The maximum Gasteiger partial charge on any atom is 0.307 e. The number of amides is 1. The summed E-state index contributed by atoms with van der Waals surface area (Å²) in [5, 5.41) is 0. The molecule has 0 aromatic heterocycles. The lowest BCUT2D eigenvalue weighted by Crippen LogP contribution is -2.36. The first-order chi connectivity index (χ1) is 9.56. The lowest BCUT2D eigenvalue weighted by molar-refractivity contribution is -0.142. The Bertz CT molecular complexity index is 442. The van der Waals surface area contributed by atoms with Crippen LogP contribution in [0, 0.1) is 6.92 Å². The summed E-state index contributed by atoms with van der Waals surface area (Å²) in [7, 11) is 1.33.